The molecule has 0 bridgehead atoms. The standard InChI is InChI=1S/C15H13N7OS/c1-9-7-8-16-14-17-12(20-22(9)14)13(23)18-19-15-21(2)10-5-3-4-6-11(10)24-15/h3-8H,1-2H3,(H,18,23)/b19-15-. The first kappa shape index (κ1) is 14.5. The summed E-state index contributed by atoms with van der Waals surface area (Å²) >= 11 is 1.49. The number of hydrogen-bond donors (Lipinski definition) is 1. The summed E-state index contributed by atoms with van der Waals surface area (Å²) in [4.78, 5) is 21.1. The number of fused-ring (bicyclic) bond motifs is 2. The molecule has 0 saturated heterocycles. The lowest BCUT2D eigenvalue weighted by molar-refractivity contribution is 0.0943. The third-order valence-corrected chi connectivity index (χ3v) is 4.71. The molecule has 9 heteroatoms. The summed E-state index contributed by atoms with van der Waals surface area (Å²) in [6, 6.07) is 9.75. The van der Waals surface area contributed by atoms with Crippen LogP contribution in [-0.4, -0.2) is 30.1 Å². The molecular weight excluding hydrogens is 326 g/mol. The Kier molecular flexibility index (Phi) is 3.35. The molecular formula is C15H13N7OS. The Morgan fingerprint density at radius 2 is 2.12 bits per heavy atom. The molecule has 1 amide bonds. The fourth-order valence-electron chi connectivity index (χ4n) is 2.34. The predicted molar refractivity (Wildman–Crippen MR) is 89.3 cm³/mol. The lowest BCUT2D eigenvalue weighted by atomic mass is 10.3. The van der Waals surface area contributed by atoms with Crippen LogP contribution in [0.3, 0.4) is 0 Å². The highest BCUT2D eigenvalue weighted by Gasteiger charge is 2.14. The van der Waals surface area contributed by atoms with Gasteiger partial charge in [-0.25, -0.2) is 14.9 Å². The molecule has 0 aliphatic rings. The summed E-state index contributed by atoms with van der Waals surface area (Å²) in [5.41, 5.74) is 4.41. The van der Waals surface area contributed by atoms with Crippen LogP contribution in [0.5, 0.6) is 0 Å². The van der Waals surface area contributed by atoms with Crippen molar-refractivity contribution in [1.82, 2.24) is 29.6 Å². The molecule has 0 aliphatic heterocycles. The smallest absolute Gasteiger partial charge is 0.311 e. The molecule has 0 spiro atoms. The molecule has 8 nitrogen and oxygen atoms in total. The van der Waals surface area contributed by atoms with Crippen molar-refractivity contribution in [1.29, 1.82) is 0 Å². The van der Waals surface area contributed by atoms with Crippen molar-refractivity contribution in [3.8, 4) is 0 Å². The number of hydrogen-bond acceptors (Lipinski definition) is 6. The van der Waals surface area contributed by atoms with Gasteiger partial charge in [-0.3, -0.25) is 4.79 Å². The van der Waals surface area contributed by atoms with Crippen molar-refractivity contribution >= 4 is 33.2 Å². The molecule has 1 N–H and O–H groups in total. The van der Waals surface area contributed by atoms with Gasteiger partial charge in [-0.15, -0.1) is 10.2 Å². The summed E-state index contributed by atoms with van der Waals surface area (Å²) in [6.45, 7) is 1.87. The van der Waals surface area contributed by atoms with Gasteiger partial charge in [-0.1, -0.05) is 23.5 Å². The molecule has 3 aromatic heterocycles. The van der Waals surface area contributed by atoms with Crippen LogP contribution in [0, 0.1) is 6.92 Å². The van der Waals surface area contributed by atoms with Gasteiger partial charge in [-0.2, -0.15) is 4.98 Å². The van der Waals surface area contributed by atoms with Gasteiger partial charge in [0, 0.05) is 18.9 Å². The minimum atomic E-state index is -0.475. The third kappa shape index (κ3) is 2.35. The van der Waals surface area contributed by atoms with Gasteiger partial charge in [-0.05, 0) is 25.1 Å². The highest BCUT2D eigenvalue weighted by Crippen LogP contribution is 2.14. The number of aromatic nitrogens is 5. The summed E-state index contributed by atoms with van der Waals surface area (Å²) < 4.78 is 4.54. The number of nitrogens with zero attached hydrogens (tertiary/aromatic N) is 6. The van der Waals surface area contributed by atoms with Gasteiger partial charge in [0.1, 0.15) is 0 Å². The van der Waals surface area contributed by atoms with Gasteiger partial charge < -0.3 is 4.57 Å². The van der Waals surface area contributed by atoms with Crippen molar-refractivity contribution in [2.75, 3.05) is 0 Å². The van der Waals surface area contributed by atoms with Gasteiger partial charge in [0.2, 0.25) is 10.6 Å². The minimum Gasteiger partial charge on any atom is -0.318 e. The quantitative estimate of drug-likeness (QED) is 0.556. The number of carbonyl (C=O) groups excluding carboxylic acids is 1. The summed E-state index contributed by atoms with van der Waals surface area (Å²) in [5.74, 6) is -0.0609. The maximum Gasteiger partial charge on any atom is 0.311 e. The Morgan fingerprint density at radius 3 is 2.92 bits per heavy atom. The molecule has 4 rings (SSSR count). The van der Waals surface area contributed by atoms with Crippen LogP contribution in [0.25, 0.3) is 16.0 Å². The van der Waals surface area contributed by atoms with E-state index in [0.717, 1.165) is 15.9 Å². The van der Waals surface area contributed by atoms with Crippen molar-refractivity contribution in [2.24, 2.45) is 12.1 Å². The number of carbonyl (C=O) groups is 1. The number of amides is 1. The third-order valence-electron chi connectivity index (χ3n) is 3.60. The van der Waals surface area contributed by atoms with Crippen LogP contribution in [0.15, 0.2) is 41.6 Å². The van der Waals surface area contributed by atoms with Crippen LogP contribution in [0.1, 0.15) is 16.3 Å². The van der Waals surface area contributed by atoms with E-state index >= 15 is 0 Å². The van der Waals surface area contributed by atoms with Gasteiger partial charge >= 0.3 is 5.91 Å². The number of benzene rings is 1. The zero-order chi connectivity index (χ0) is 16.7. The first-order valence-electron chi connectivity index (χ1n) is 7.20. The topological polar surface area (TPSA) is 89.5 Å². The van der Waals surface area contributed by atoms with Gasteiger partial charge in [0.25, 0.3) is 5.78 Å². The summed E-state index contributed by atoms with van der Waals surface area (Å²) in [7, 11) is 1.90. The Hall–Kier alpha value is -3.07. The first-order chi connectivity index (χ1) is 11.6. The molecule has 24 heavy (non-hydrogen) atoms. The fraction of sp³-hybridized carbons (Fsp3) is 0.133. The molecule has 0 atom stereocenters. The zero-order valence-electron chi connectivity index (χ0n) is 13.0. The van der Waals surface area contributed by atoms with Crippen LogP contribution < -0.4 is 10.2 Å². The van der Waals surface area contributed by atoms with Gasteiger partial charge in [0.15, 0.2) is 0 Å². The van der Waals surface area contributed by atoms with Gasteiger partial charge in [0.05, 0.1) is 10.2 Å². The second-order valence-electron chi connectivity index (χ2n) is 5.20. The van der Waals surface area contributed by atoms with E-state index in [-0.39, 0.29) is 5.82 Å². The average molecular weight is 339 g/mol. The Bertz CT molecular complexity index is 1140. The molecule has 3 heterocycles. The van der Waals surface area contributed by atoms with E-state index in [0.29, 0.717) is 10.6 Å². The second kappa shape index (κ2) is 5.53. The minimum absolute atomic E-state index is 0.0318. The second-order valence-corrected chi connectivity index (χ2v) is 6.21. The number of rotatable bonds is 2. The van der Waals surface area contributed by atoms with E-state index in [1.807, 2.05) is 42.8 Å². The molecule has 1 aromatic carbocycles. The van der Waals surface area contributed by atoms with E-state index < -0.39 is 5.91 Å². The molecule has 120 valence electrons. The van der Waals surface area contributed by atoms with E-state index in [2.05, 4.69) is 25.6 Å². The Balaban J connectivity index is 1.67. The van der Waals surface area contributed by atoms with Crippen LogP contribution in [0.4, 0.5) is 0 Å². The SMILES string of the molecule is Cc1ccnc2nc(C(=O)N/N=c3\sc4ccccc4n3C)nn12. The normalized spacial score (nSPS) is 12.2. The molecule has 0 saturated carbocycles. The highest BCUT2D eigenvalue weighted by atomic mass is 32.1. The van der Waals surface area contributed by atoms with E-state index in [4.69, 9.17) is 0 Å². The Morgan fingerprint density at radius 1 is 1.29 bits per heavy atom. The lowest BCUT2D eigenvalue weighted by Gasteiger charge is -1.95. The number of thiazole rings is 1. The summed E-state index contributed by atoms with van der Waals surface area (Å²) in [5, 5.41) is 8.34. The fourth-order valence-corrected chi connectivity index (χ4v) is 3.32. The molecule has 0 unspecified atom stereocenters. The number of nitrogens with one attached hydrogen (secondary N) is 1. The lowest BCUT2D eigenvalue weighted by Crippen LogP contribution is -2.24. The van der Waals surface area contributed by atoms with E-state index in [1.54, 1.807) is 12.3 Å². The average Bonchev–Trinajstić information content (AvgIpc) is 3.16. The largest absolute Gasteiger partial charge is 0.318 e. The summed E-state index contributed by atoms with van der Waals surface area (Å²) in [6.07, 6.45) is 1.63. The maximum absolute atomic E-state index is 12.2. The molecule has 0 aliphatic carbocycles. The van der Waals surface area contributed by atoms with Crippen molar-refractivity contribution < 1.29 is 4.79 Å². The monoisotopic (exact) mass is 339 g/mol. The Labute approximate surface area is 140 Å². The van der Waals surface area contributed by atoms with Crippen LogP contribution in [0.2, 0.25) is 0 Å². The molecule has 0 fully saturated rings. The maximum atomic E-state index is 12.2. The first-order valence-corrected chi connectivity index (χ1v) is 8.02. The molecule has 4 aromatic rings. The van der Waals surface area contributed by atoms with E-state index in [1.165, 1.54) is 15.9 Å². The van der Waals surface area contributed by atoms with Crippen molar-refractivity contribution in [3.05, 3.63) is 52.8 Å². The zero-order valence-corrected chi connectivity index (χ0v) is 13.8. The number of para-hydroxylation sites is 1. The molecule has 0 radical (unpaired) electrons. The van der Waals surface area contributed by atoms with Crippen molar-refractivity contribution in [2.45, 2.75) is 6.92 Å². The van der Waals surface area contributed by atoms with Crippen molar-refractivity contribution in [3.63, 3.8) is 0 Å². The van der Waals surface area contributed by atoms with Crippen LogP contribution >= 0.6 is 11.3 Å². The highest BCUT2D eigenvalue weighted by molar-refractivity contribution is 7.16. The van der Waals surface area contributed by atoms with E-state index in [9.17, 15) is 4.79 Å². The van der Waals surface area contributed by atoms with Crippen LogP contribution in [-0.2, 0) is 7.05 Å². The predicted octanol–water partition coefficient (Wildman–Crippen LogP) is 1.23. The number of aryl methyl sites for hydroxylation is 2.